The highest BCUT2D eigenvalue weighted by Crippen LogP contribution is 2.18. The molecule has 0 aliphatic carbocycles. The topological polar surface area (TPSA) is 91.1 Å². The molecule has 2 aromatic carbocycles. The second kappa shape index (κ2) is 7.31. The summed E-state index contributed by atoms with van der Waals surface area (Å²) in [6.07, 6.45) is 2.63. The molecule has 0 saturated heterocycles. The van der Waals surface area contributed by atoms with Crippen LogP contribution in [0, 0.1) is 6.92 Å². The fraction of sp³-hybridized carbons (Fsp3) is 0.211. The van der Waals surface area contributed by atoms with Gasteiger partial charge in [0.2, 0.25) is 10.0 Å². The highest BCUT2D eigenvalue weighted by molar-refractivity contribution is 7.89. The number of amides is 1. The largest absolute Gasteiger partial charge is 0.361 e. The third-order valence-corrected chi connectivity index (χ3v) is 5.80. The Hall–Kier alpha value is -2.64. The monoisotopic (exact) mass is 371 g/mol. The number of rotatable bonds is 6. The van der Waals surface area contributed by atoms with E-state index in [0.29, 0.717) is 18.5 Å². The van der Waals surface area contributed by atoms with E-state index in [0.717, 1.165) is 22.0 Å². The van der Waals surface area contributed by atoms with Gasteiger partial charge in [-0.15, -0.1) is 0 Å². The van der Waals surface area contributed by atoms with E-state index in [1.54, 1.807) is 13.0 Å². The first-order valence-corrected chi connectivity index (χ1v) is 9.78. The Morgan fingerprint density at radius 3 is 2.69 bits per heavy atom. The zero-order chi connectivity index (χ0) is 18.7. The van der Waals surface area contributed by atoms with Crippen molar-refractivity contribution in [2.75, 3.05) is 13.6 Å². The number of sulfonamides is 1. The maximum Gasteiger partial charge on any atom is 0.251 e. The lowest BCUT2D eigenvalue weighted by Crippen LogP contribution is -2.27. The van der Waals surface area contributed by atoms with Gasteiger partial charge in [0.05, 0.1) is 4.90 Å². The van der Waals surface area contributed by atoms with Gasteiger partial charge >= 0.3 is 0 Å². The van der Waals surface area contributed by atoms with E-state index >= 15 is 0 Å². The van der Waals surface area contributed by atoms with Gasteiger partial charge in [0.1, 0.15) is 0 Å². The molecule has 1 aromatic heterocycles. The van der Waals surface area contributed by atoms with E-state index in [9.17, 15) is 13.2 Å². The van der Waals surface area contributed by atoms with Gasteiger partial charge in [0, 0.05) is 29.2 Å². The van der Waals surface area contributed by atoms with Crippen LogP contribution in [0.15, 0.2) is 53.6 Å². The zero-order valence-corrected chi connectivity index (χ0v) is 15.5. The van der Waals surface area contributed by atoms with Crippen molar-refractivity contribution in [2.24, 2.45) is 0 Å². The summed E-state index contributed by atoms with van der Waals surface area (Å²) in [7, 11) is -2.24. The van der Waals surface area contributed by atoms with Gasteiger partial charge in [-0.3, -0.25) is 4.79 Å². The highest BCUT2D eigenvalue weighted by Gasteiger charge is 2.16. The molecule has 3 rings (SSSR count). The quantitative estimate of drug-likeness (QED) is 0.621. The van der Waals surface area contributed by atoms with Crippen molar-refractivity contribution in [1.29, 1.82) is 0 Å². The van der Waals surface area contributed by atoms with Gasteiger partial charge in [0.25, 0.3) is 5.91 Å². The Morgan fingerprint density at radius 2 is 1.92 bits per heavy atom. The third kappa shape index (κ3) is 3.63. The van der Waals surface area contributed by atoms with Crippen LogP contribution < -0.4 is 10.0 Å². The van der Waals surface area contributed by atoms with E-state index in [1.807, 2.05) is 30.5 Å². The number of fused-ring (bicyclic) bond motifs is 1. The van der Waals surface area contributed by atoms with Crippen LogP contribution in [-0.4, -0.2) is 32.9 Å². The number of nitrogens with one attached hydrogen (secondary N) is 3. The number of hydrogen-bond acceptors (Lipinski definition) is 3. The molecule has 136 valence electrons. The lowest BCUT2D eigenvalue weighted by molar-refractivity contribution is 0.0953. The van der Waals surface area contributed by atoms with Crippen molar-refractivity contribution in [2.45, 2.75) is 18.2 Å². The van der Waals surface area contributed by atoms with Gasteiger partial charge in [0.15, 0.2) is 0 Å². The van der Waals surface area contributed by atoms with Crippen molar-refractivity contribution in [1.82, 2.24) is 15.0 Å². The van der Waals surface area contributed by atoms with Gasteiger partial charge in [-0.25, -0.2) is 13.1 Å². The third-order valence-electron chi connectivity index (χ3n) is 4.39. The van der Waals surface area contributed by atoms with E-state index in [2.05, 4.69) is 15.0 Å². The summed E-state index contributed by atoms with van der Waals surface area (Å²) < 4.78 is 26.1. The number of carbonyl (C=O) groups excluding carboxylic acids is 1. The van der Waals surface area contributed by atoms with Crippen LogP contribution in [-0.2, 0) is 16.4 Å². The minimum Gasteiger partial charge on any atom is -0.361 e. The molecular formula is C19H21N3O3S. The van der Waals surface area contributed by atoms with E-state index < -0.39 is 10.0 Å². The number of aromatic nitrogens is 1. The van der Waals surface area contributed by atoms with Crippen LogP contribution in [0.2, 0.25) is 0 Å². The molecule has 0 bridgehead atoms. The number of para-hydroxylation sites is 1. The van der Waals surface area contributed by atoms with Crippen molar-refractivity contribution >= 4 is 26.8 Å². The molecule has 1 amide bonds. The lowest BCUT2D eigenvalue weighted by atomic mass is 10.1. The maximum absolute atomic E-state index is 12.5. The molecule has 1 heterocycles. The molecule has 0 aliphatic rings. The minimum atomic E-state index is -3.59. The molecule has 6 nitrogen and oxygen atoms in total. The van der Waals surface area contributed by atoms with Crippen LogP contribution in [0.5, 0.6) is 0 Å². The average Bonchev–Trinajstić information content (AvgIpc) is 3.05. The molecule has 0 radical (unpaired) electrons. The van der Waals surface area contributed by atoms with Crippen LogP contribution in [0.25, 0.3) is 10.9 Å². The smallest absolute Gasteiger partial charge is 0.251 e. The van der Waals surface area contributed by atoms with Gasteiger partial charge in [-0.05, 0) is 49.7 Å². The normalized spacial score (nSPS) is 11.6. The summed E-state index contributed by atoms with van der Waals surface area (Å²) in [6, 6.07) is 12.5. The summed E-state index contributed by atoms with van der Waals surface area (Å²) in [5, 5.41) is 4.01. The number of aromatic amines is 1. The minimum absolute atomic E-state index is 0.0763. The molecule has 0 fully saturated rings. The average molecular weight is 371 g/mol. The van der Waals surface area contributed by atoms with Crippen LogP contribution in [0.4, 0.5) is 0 Å². The molecule has 0 spiro atoms. The molecule has 0 unspecified atom stereocenters. The van der Waals surface area contributed by atoms with Gasteiger partial charge < -0.3 is 10.3 Å². The van der Waals surface area contributed by atoms with Crippen molar-refractivity contribution < 1.29 is 13.2 Å². The molecule has 3 aromatic rings. The first kappa shape index (κ1) is 18.2. The Kier molecular flexibility index (Phi) is 5.11. The van der Waals surface area contributed by atoms with Crippen molar-refractivity contribution in [3.63, 3.8) is 0 Å². The fourth-order valence-electron chi connectivity index (χ4n) is 2.88. The summed E-state index contributed by atoms with van der Waals surface area (Å²) in [6.45, 7) is 2.24. The SMILES string of the molecule is CNS(=O)(=O)c1ccc(C)c(C(=O)NCCc2c[nH]c3ccccc23)c1. The summed E-state index contributed by atoms with van der Waals surface area (Å²) in [4.78, 5) is 15.8. The van der Waals surface area contributed by atoms with Crippen LogP contribution >= 0.6 is 0 Å². The summed E-state index contributed by atoms with van der Waals surface area (Å²) in [5.41, 5.74) is 3.28. The molecule has 26 heavy (non-hydrogen) atoms. The molecule has 0 atom stereocenters. The van der Waals surface area contributed by atoms with E-state index in [4.69, 9.17) is 0 Å². The second-order valence-electron chi connectivity index (χ2n) is 6.05. The predicted octanol–water partition coefficient (Wildman–Crippen LogP) is 2.36. The maximum atomic E-state index is 12.5. The first-order valence-electron chi connectivity index (χ1n) is 8.30. The molecule has 7 heteroatoms. The van der Waals surface area contributed by atoms with Gasteiger partial charge in [-0.1, -0.05) is 24.3 Å². The molecule has 3 N–H and O–H groups in total. The number of aryl methyl sites for hydroxylation is 1. The zero-order valence-electron chi connectivity index (χ0n) is 14.7. The number of hydrogen-bond donors (Lipinski definition) is 3. The first-order chi connectivity index (χ1) is 12.4. The van der Waals surface area contributed by atoms with Crippen molar-refractivity contribution in [3.05, 3.63) is 65.4 Å². The second-order valence-corrected chi connectivity index (χ2v) is 7.94. The Balaban J connectivity index is 1.71. The summed E-state index contributed by atoms with van der Waals surface area (Å²) in [5.74, 6) is -0.282. The Labute approximate surface area is 152 Å². The van der Waals surface area contributed by atoms with Crippen LogP contribution in [0.1, 0.15) is 21.5 Å². The summed E-state index contributed by atoms with van der Waals surface area (Å²) >= 11 is 0. The van der Waals surface area contributed by atoms with E-state index in [1.165, 1.54) is 19.2 Å². The van der Waals surface area contributed by atoms with Crippen LogP contribution in [0.3, 0.4) is 0 Å². The fourth-order valence-corrected chi connectivity index (χ4v) is 3.63. The highest BCUT2D eigenvalue weighted by atomic mass is 32.2. The number of H-pyrrole nitrogens is 1. The lowest BCUT2D eigenvalue weighted by Gasteiger charge is -2.10. The van der Waals surface area contributed by atoms with Gasteiger partial charge in [-0.2, -0.15) is 0 Å². The Bertz CT molecular complexity index is 1050. The molecular weight excluding hydrogens is 350 g/mol. The number of carbonyl (C=O) groups is 1. The van der Waals surface area contributed by atoms with E-state index in [-0.39, 0.29) is 10.8 Å². The molecule has 0 saturated carbocycles. The molecule has 0 aliphatic heterocycles. The number of benzene rings is 2. The predicted molar refractivity (Wildman–Crippen MR) is 102 cm³/mol. The van der Waals surface area contributed by atoms with Crippen molar-refractivity contribution in [3.8, 4) is 0 Å². The standard InChI is InChI=1S/C19H21N3O3S/c1-13-7-8-15(26(24,25)20-2)11-17(13)19(23)21-10-9-14-12-22-18-6-4-3-5-16(14)18/h3-8,11-12,20,22H,9-10H2,1-2H3,(H,21,23). The Morgan fingerprint density at radius 1 is 1.15 bits per heavy atom.